The molecule has 33 heavy (non-hydrogen) atoms. The number of piperidine rings is 2. The largest absolute Gasteiger partial charge is 0.343 e. The van der Waals surface area contributed by atoms with E-state index in [-0.39, 0.29) is 23.5 Å². The number of carbonyl (C=O) groups excluding carboxylic acids is 2. The number of carbonyl (C=O) groups is 2. The van der Waals surface area contributed by atoms with Crippen molar-refractivity contribution in [3.05, 3.63) is 28.2 Å². The van der Waals surface area contributed by atoms with Gasteiger partial charge in [-0.05, 0) is 50.2 Å². The van der Waals surface area contributed by atoms with Crippen LogP contribution in [-0.4, -0.2) is 64.6 Å². The maximum atomic E-state index is 13.2. The van der Waals surface area contributed by atoms with Gasteiger partial charge in [0.1, 0.15) is 5.69 Å². The highest BCUT2D eigenvalue weighted by Gasteiger charge is 2.38. The molecule has 3 fully saturated rings. The lowest BCUT2D eigenvalue weighted by Crippen LogP contribution is -2.53. The van der Waals surface area contributed by atoms with E-state index in [2.05, 4.69) is 15.5 Å². The van der Waals surface area contributed by atoms with E-state index < -0.39 is 0 Å². The van der Waals surface area contributed by atoms with Crippen molar-refractivity contribution in [2.45, 2.75) is 82.8 Å². The highest BCUT2D eigenvalue weighted by molar-refractivity contribution is 5.89. The van der Waals surface area contributed by atoms with Crippen molar-refractivity contribution in [1.29, 1.82) is 0 Å². The number of nitrogens with one attached hydrogen (secondary N) is 2. The number of aromatic nitrogens is 1. The van der Waals surface area contributed by atoms with Gasteiger partial charge in [0.15, 0.2) is 0 Å². The molecule has 1 aromatic heterocycles. The highest BCUT2D eigenvalue weighted by Crippen LogP contribution is 2.37. The fraction of sp³-hybridized carbons (Fsp3) is 0.720. The van der Waals surface area contributed by atoms with Gasteiger partial charge in [-0.15, -0.1) is 0 Å². The van der Waals surface area contributed by atoms with E-state index in [4.69, 9.17) is 0 Å². The van der Waals surface area contributed by atoms with Crippen LogP contribution in [0.2, 0.25) is 0 Å². The van der Waals surface area contributed by atoms with Crippen molar-refractivity contribution >= 4 is 17.6 Å². The minimum absolute atomic E-state index is 0.0794. The third-order valence-electron chi connectivity index (χ3n) is 8.25. The topological polar surface area (TPSA) is 86.7 Å². The van der Waals surface area contributed by atoms with Crippen molar-refractivity contribution < 1.29 is 9.59 Å². The van der Waals surface area contributed by atoms with Crippen LogP contribution < -0.4 is 16.2 Å². The summed E-state index contributed by atoms with van der Waals surface area (Å²) in [5, 5.41) is 5.86. The third-order valence-corrected chi connectivity index (χ3v) is 8.25. The first-order valence-electron chi connectivity index (χ1n) is 12.8. The molecule has 1 aliphatic carbocycles. The van der Waals surface area contributed by atoms with Crippen molar-refractivity contribution in [3.63, 3.8) is 0 Å². The number of nitrogens with zero attached hydrogens (tertiary/aromatic N) is 3. The zero-order chi connectivity index (χ0) is 22.9. The average Bonchev–Trinajstić information content (AvgIpc) is 2.82. The molecule has 0 spiro atoms. The smallest absolute Gasteiger partial charge is 0.319 e. The Labute approximate surface area is 195 Å². The predicted molar refractivity (Wildman–Crippen MR) is 127 cm³/mol. The van der Waals surface area contributed by atoms with Gasteiger partial charge in [-0.3, -0.25) is 14.5 Å². The standard InChI is InChI=1S/C25H37N5O3/c1-17(31)28-11-9-21(10-12-28)29-14-18-13-19(16-29)23-8-7-22(24(32)30(23)15-18)27-25(33)26-20-5-3-2-4-6-20/h7-8,18-21H,2-6,9-16H2,1H3,(H2,26,27,33)/t18-,19-/m1/s1. The number of likely N-dealkylation sites (tertiary alicyclic amines) is 2. The number of amides is 3. The molecule has 1 aromatic rings. The van der Waals surface area contributed by atoms with E-state index in [0.29, 0.717) is 30.1 Å². The van der Waals surface area contributed by atoms with Gasteiger partial charge in [0.25, 0.3) is 5.56 Å². The van der Waals surface area contributed by atoms with Gasteiger partial charge in [0.05, 0.1) is 0 Å². The van der Waals surface area contributed by atoms with Gasteiger partial charge in [0, 0.05) is 63.3 Å². The minimum Gasteiger partial charge on any atom is -0.343 e. The number of hydrogen-bond donors (Lipinski definition) is 2. The second-order valence-corrected chi connectivity index (χ2v) is 10.5. The molecule has 8 heteroatoms. The summed E-state index contributed by atoms with van der Waals surface area (Å²) < 4.78 is 1.91. The second-order valence-electron chi connectivity index (χ2n) is 10.5. The van der Waals surface area contributed by atoms with E-state index in [9.17, 15) is 14.4 Å². The molecule has 0 radical (unpaired) electrons. The fourth-order valence-electron chi connectivity index (χ4n) is 6.51. The molecular formula is C25H37N5O3. The maximum absolute atomic E-state index is 13.2. The number of pyridine rings is 1. The number of urea groups is 1. The molecule has 1 saturated carbocycles. The third kappa shape index (κ3) is 4.81. The molecule has 4 heterocycles. The minimum atomic E-state index is -0.265. The van der Waals surface area contributed by atoms with Crippen LogP contribution in [0.1, 0.15) is 69.9 Å². The number of anilines is 1. The van der Waals surface area contributed by atoms with Crippen molar-refractivity contribution in [2.75, 3.05) is 31.5 Å². The zero-order valence-corrected chi connectivity index (χ0v) is 19.7. The quantitative estimate of drug-likeness (QED) is 0.734. The van der Waals surface area contributed by atoms with E-state index in [1.807, 2.05) is 15.5 Å². The first kappa shape index (κ1) is 22.4. The Balaban J connectivity index is 1.24. The molecule has 0 unspecified atom stereocenters. The molecule has 180 valence electrons. The summed E-state index contributed by atoms with van der Waals surface area (Å²) in [7, 11) is 0. The normalized spacial score (nSPS) is 26.5. The lowest BCUT2D eigenvalue weighted by atomic mass is 9.82. The van der Waals surface area contributed by atoms with Crippen molar-refractivity contribution in [1.82, 2.24) is 19.7 Å². The average molecular weight is 456 g/mol. The molecule has 3 amide bonds. The lowest BCUT2D eigenvalue weighted by molar-refractivity contribution is -0.130. The molecule has 2 atom stereocenters. The molecule has 4 aliphatic rings. The number of hydrogen-bond acceptors (Lipinski definition) is 4. The van der Waals surface area contributed by atoms with Gasteiger partial charge in [-0.25, -0.2) is 4.79 Å². The fourth-order valence-corrected chi connectivity index (χ4v) is 6.51. The lowest BCUT2D eigenvalue weighted by Gasteiger charge is -2.47. The van der Waals surface area contributed by atoms with Gasteiger partial charge >= 0.3 is 6.03 Å². The van der Waals surface area contributed by atoms with E-state index in [0.717, 1.165) is 76.8 Å². The molecule has 8 nitrogen and oxygen atoms in total. The highest BCUT2D eigenvalue weighted by atomic mass is 16.2. The van der Waals surface area contributed by atoms with Crippen LogP contribution in [0.4, 0.5) is 10.5 Å². The van der Waals surface area contributed by atoms with Crippen molar-refractivity contribution in [3.8, 4) is 0 Å². The first-order valence-corrected chi connectivity index (χ1v) is 12.8. The summed E-state index contributed by atoms with van der Waals surface area (Å²) in [5.74, 6) is 0.973. The van der Waals surface area contributed by atoms with Gasteiger partial charge in [0.2, 0.25) is 5.91 Å². The van der Waals surface area contributed by atoms with E-state index >= 15 is 0 Å². The second kappa shape index (κ2) is 9.49. The van der Waals surface area contributed by atoms with Gasteiger partial charge in [-0.2, -0.15) is 0 Å². The Kier molecular flexibility index (Phi) is 6.45. The molecule has 2 bridgehead atoms. The summed E-state index contributed by atoms with van der Waals surface area (Å²) in [6.45, 7) is 6.04. The van der Waals surface area contributed by atoms with Gasteiger partial charge in [-0.1, -0.05) is 19.3 Å². The summed E-state index contributed by atoms with van der Waals surface area (Å²) in [6.07, 6.45) is 8.77. The zero-order valence-electron chi connectivity index (χ0n) is 19.7. The maximum Gasteiger partial charge on any atom is 0.319 e. The summed E-state index contributed by atoms with van der Waals surface area (Å²) in [5.41, 5.74) is 1.39. The predicted octanol–water partition coefficient (Wildman–Crippen LogP) is 2.73. The molecule has 2 saturated heterocycles. The van der Waals surface area contributed by atoms with Crippen LogP contribution in [0.15, 0.2) is 16.9 Å². The number of fused-ring (bicyclic) bond motifs is 4. The van der Waals surface area contributed by atoms with Gasteiger partial charge < -0.3 is 20.1 Å². The van der Waals surface area contributed by atoms with Crippen LogP contribution in [0, 0.1) is 5.92 Å². The van der Waals surface area contributed by atoms with Crippen LogP contribution in [-0.2, 0) is 11.3 Å². The summed E-state index contributed by atoms with van der Waals surface area (Å²) in [6, 6.07) is 4.30. The SMILES string of the molecule is CC(=O)N1CCC(N2C[C@H]3C[C@H](C2)c2ccc(NC(=O)NC4CCCCC4)c(=O)n2C3)CC1. The Morgan fingerprint density at radius 3 is 2.45 bits per heavy atom. The summed E-state index contributed by atoms with van der Waals surface area (Å²) in [4.78, 5) is 41.9. The Bertz CT molecular complexity index is 946. The molecule has 5 rings (SSSR count). The van der Waals surface area contributed by atoms with Crippen LogP contribution in [0.25, 0.3) is 0 Å². The summed E-state index contributed by atoms with van der Waals surface area (Å²) >= 11 is 0. The monoisotopic (exact) mass is 455 g/mol. The van der Waals surface area contributed by atoms with Crippen LogP contribution in [0.5, 0.6) is 0 Å². The van der Waals surface area contributed by atoms with Crippen LogP contribution >= 0.6 is 0 Å². The Hall–Kier alpha value is -2.35. The van der Waals surface area contributed by atoms with E-state index in [1.165, 1.54) is 6.42 Å². The Morgan fingerprint density at radius 1 is 0.970 bits per heavy atom. The molecule has 3 aliphatic heterocycles. The number of rotatable bonds is 3. The molecule has 2 N–H and O–H groups in total. The molecular weight excluding hydrogens is 418 g/mol. The van der Waals surface area contributed by atoms with Crippen molar-refractivity contribution in [2.24, 2.45) is 5.92 Å². The van der Waals surface area contributed by atoms with Crippen LogP contribution in [0.3, 0.4) is 0 Å². The Morgan fingerprint density at radius 2 is 1.73 bits per heavy atom. The van der Waals surface area contributed by atoms with E-state index in [1.54, 1.807) is 13.0 Å². The molecule has 0 aromatic carbocycles. The first-order chi connectivity index (χ1) is 16.0.